The maximum Gasteiger partial charge on any atom is 0.409 e. The van der Waals surface area contributed by atoms with Gasteiger partial charge in [0.15, 0.2) is 5.69 Å². The van der Waals surface area contributed by atoms with Crippen LogP contribution in [0.1, 0.15) is 28.5 Å². The zero-order chi connectivity index (χ0) is 13.8. The van der Waals surface area contributed by atoms with Crippen molar-refractivity contribution >= 4 is 12.1 Å². The minimum absolute atomic E-state index is 0.0364. The predicted octanol–water partition coefficient (Wildman–Crippen LogP) is 1.00. The predicted molar refractivity (Wildman–Crippen MR) is 61.8 cm³/mol. The summed E-state index contributed by atoms with van der Waals surface area (Å²) in [5.74, 6) is -1.06. The number of carboxylic acids is 1. The van der Waals surface area contributed by atoms with E-state index in [2.05, 4.69) is 10.2 Å². The van der Waals surface area contributed by atoms with Crippen molar-refractivity contribution in [2.45, 2.75) is 12.3 Å². The summed E-state index contributed by atoms with van der Waals surface area (Å²) in [6, 6.07) is 1.46. The van der Waals surface area contributed by atoms with Gasteiger partial charge in [0.2, 0.25) is 0 Å². The Labute approximate surface area is 108 Å². The summed E-state index contributed by atoms with van der Waals surface area (Å²) in [5, 5.41) is 15.0. The lowest BCUT2D eigenvalue weighted by molar-refractivity contribution is 0.0678. The summed E-state index contributed by atoms with van der Waals surface area (Å²) in [4.78, 5) is 23.6. The molecule has 0 saturated carbocycles. The number of carbonyl (C=O) groups is 2. The number of carbonyl (C=O) groups excluding carboxylic acids is 1. The van der Waals surface area contributed by atoms with E-state index in [0.717, 1.165) is 0 Å². The zero-order valence-electron chi connectivity index (χ0n) is 10.1. The van der Waals surface area contributed by atoms with Crippen LogP contribution in [0.25, 0.3) is 0 Å². The van der Waals surface area contributed by atoms with E-state index in [-0.39, 0.29) is 24.6 Å². The minimum Gasteiger partial charge on any atom is -0.476 e. The fourth-order valence-corrected chi connectivity index (χ4v) is 1.78. The molecule has 1 saturated heterocycles. The summed E-state index contributed by atoms with van der Waals surface area (Å²) >= 11 is 0. The molecule has 1 aliphatic heterocycles. The molecule has 1 fully saturated rings. The number of aromatic carboxylic acids is 1. The molecular formula is C11H14FN3O4. The molecule has 1 aliphatic rings. The molecule has 1 aromatic rings. The second-order valence-corrected chi connectivity index (χ2v) is 4.27. The van der Waals surface area contributed by atoms with Crippen molar-refractivity contribution < 1.29 is 23.8 Å². The average molecular weight is 271 g/mol. The first-order valence-corrected chi connectivity index (χ1v) is 5.88. The number of halogens is 1. The smallest absolute Gasteiger partial charge is 0.409 e. The summed E-state index contributed by atoms with van der Waals surface area (Å²) in [7, 11) is 0. The summed E-state index contributed by atoms with van der Waals surface area (Å²) < 4.78 is 16.7. The number of likely N-dealkylation sites (tertiary alicyclic amines) is 1. The first kappa shape index (κ1) is 13.3. The first-order chi connectivity index (χ1) is 9.11. The van der Waals surface area contributed by atoms with Crippen LogP contribution in [-0.4, -0.2) is 58.6 Å². The Kier molecular flexibility index (Phi) is 3.98. The van der Waals surface area contributed by atoms with E-state index in [4.69, 9.17) is 9.84 Å². The number of hydrogen-bond acceptors (Lipinski definition) is 4. The molecule has 1 aromatic heterocycles. The van der Waals surface area contributed by atoms with Gasteiger partial charge < -0.3 is 14.7 Å². The molecule has 19 heavy (non-hydrogen) atoms. The largest absolute Gasteiger partial charge is 0.476 e. The molecule has 7 nitrogen and oxygen atoms in total. The van der Waals surface area contributed by atoms with E-state index in [9.17, 15) is 14.0 Å². The summed E-state index contributed by atoms with van der Waals surface area (Å²) in [6.07, 6.45) is -0.270. The summed E-state index contributed by atoms with van der Waals surface area (Å²) in [5.41, 5.74) is 0.643. The number of nitrogens with zero attached hydrogens (tertiary/aromatic N) is 2. The number of aromatic nitrogens is 2. The number of hydrogen-bond donors (Lipinski definition) is 2. The number of rotatable bonds is 5. The minimum atomic E-state index is -1.09. The Hall–Kier alpha value is -2.12. The highest BCUT2D eigenvalue weighted by atomic mass is 19.1. The fourth-order valence-electron chi connectivity index (χ4n) is 1.78. The van der Waals surface area contributed by atoms with Gasteiger partial charge in [-0.3, -0.25) is 9.49 Å². The van der Waals surface area contributed by atoms with Crippen LogP contribution in [0.5, 0.6) is 0 Å². The van der Waals surface area contributed by atoms with Crippen LogP contribution in [0.2, 0.25) is 0 Å². The van der Waals surface area contributed by atoms with E-state index >= 15 is 0 Å². The van der Waals surface area contributed by atoms with Crippen molar-refractivity contribution in [3.63, 3.8) is 0 Å². The zero-order valence-corrected chi connectivity index (χ0v) is 10.1. The van der Waals surface area contributed by atoms with E-state index in [1.807, 2.05) is 0 Å². The molecule has 0 radical (unpaired) electrons. The Balaban J connectivity index is 1.78. The standard InChI is InChI=1S/C11H14FN3O4/c12-2-1-3-19-11(18)15-5-7(6-15)8-4-9(10(16)17)14-13-8/h4,7H,1-3,5-6H2,(H,13,14)(H,16,17). The average Bonchev–Trinajstić information content (AvgIpc) is 2.77. The van der Waals surface area contributed by atoms with E-state index in [0.29, 0.717) is 18.8 Å². The molecule has 0 bridgehead atoms. The van der Waals surface area contributed by atoms with Crippen molar-refractivity contribution in [3.8, 4) is 0 Å². The fraction of sp³-hybridized carbons (Fsp3) is 0.545. The molecular weight excluding hydrogens is 257 g/mol. The molecule has 2 rings (SSSR count). The van der Waals surface area contributed by atoms with Crippen LogP contribution in [0.4, 0.5) is 9.18 Å². The maximum absolute atomic E-state index is 11.8. The molecule has 0 spiro atoms. The topological polar surface area (TPSA) is 95.5 Å². The Morgan fingerprint density at radius 2 is 2.32 bits per heavy atom. The molecule has 0 aromatic carbocycles. The normalized spacial score (nSPS) is 15.1. The van der Waals surface area contributed by atoms with Gasteiger partial charge in [-0.15, -0.1) is 0 Å². The molecule has 0 aliphatic carbocycles. The van der Waals surface area contributed by atoms with Gasteiger partial charge in [-0.2, -0.15) is 5.10 Å². The maximum atomic E-state index is 11.8. The van der Waals surface area contributed by atoms with Crippen LogP contribution in [0.3, 0.4) is 0 Å². The van der Waals surface area contributed by atoms with E-state index in [1.165, 1.54) is 11.0 Å². The first-order valence-electron chi connectivity index (χ1n) is 5.88. The highest BCUT2D eigenvalue weighted by Crippen LogP contribution is 2.26. The van der Waals surface area contributed by atoms with Gasteiger partial charge in [0.1, 0.15) is 0 Å². The van der Waals surface area contributed by atoms with Crippen molar-refractivity contribution in [1.82, 2.24) is 15.1 Å². The van der Waals surface area contributed by atoms with Crippen LogP contribution in [-0.2, 0) is 4.74 Å². The van der Waals surface area contributed by atoms with Crippen LogP contribution >= 0.6 is 0 Å². The third-order valence-corrected chi connectivity index (χ3v) is 2.90. The van der Waals surface area contributed by atoms with Crippen molar-refractivity contribution in [3.05, 3.63) is 17.5 Å². The van der Waals surface area contributed by atoms with Gasteiger partial charge in [0, 0.05) is 31.1 Å². The SMILES string of the molecule is O=C(O)c1cc(C2CN(C(=O)OCCCF)C2)[nH]n1. The third kappa shape index (κ3) is 3.01. The quantitative estimate of drug-likeness (QED) is 0.779. The molecule has 0 unspecified atom stereocenters. The van der Waals surface area contributed by atoms with Crippen LogP contribution in [0.15, 0.2) is 6.07 Å². The Morgan fingerprint density at radius 1 is 1.58 bits per heavy atom. The van der Waals surface area contributed by atoms with Crippen molar-refractivity contribution in [1.29, 1.82) is 0 Å². The number of H-pyrrole nitrogens is 1. The lowest BCUT2D eigenvalue weighted by Gasteiger charge is -2.37. The number of carboxylic acid groups (broad SMARTS) is 1. The molecule has 2 N–H and O–H groups in total. The molecule has 104 valence electrons. The highest BCUT2D eigenvalue weighted by molar-refractivity contribution is 5.85. The lowest BCUT2D eigenvalue weighted by atomic mass is 9.97. The van der Waals surface area contributed by atoms with Gasteiger partial charge in [-0.1, -0.05) is 0 Å². The Bertz CT molecular complexity index is 470. The third-order valence-electron chi connectivity index (χ3n) is 2.90. The van der Waals surface area contributed by atoms with Gasteiger partial charge >= 0.3 is 12.1 Å². The van der Waals surface area contributed by atoms with Gasteiger partial charge in [-0.05, 0) is 6.07 Å². The monoisotopic (exact) mass is 271 g/mol. The number of amides is 1. The number of alkyl halides is 1. The lowest BCUT2D eigenvalue weighted by Crippen LogP contribution is -2.48. The number of ether oxygens (including phenoxy) is 1. The molecule has 2 heterocycles. The van der Waals surface area contributed by atoms with Crippen molar-refractivity contribution in [2.24, 2.45) is 0 Å². The van der Waals surface area contributed by atoms with Gasteiger partial charge in [0.25, 0.3) is 0 Å². The highest BCUT2D eigenvalue weighted by Gasteiger charge is 2.34. The van der Waals surface area contributed by atoms with Gasteiger partial charge in [0.05, 0.1) is 13.3 Å². The summed E-state index contributed by atoms with van der Waals surface area (Å²) in [6.45, 7) is 0.442. The Morgan fingerprint density at radius 3 is 2.89 bits per heavy atom. The van der Waals surface area contributed by atoms with E-state index in [1.54, 1.807) is 0 Å². The van der Waals surface area contributed by atoms with Crippen molar-refractivity contribution in [2.75, 3.05) is 26.4 Å². The van der Waals surface area contributed by atoms with E-state index < -0.39 is 18.7 Å². The second kappa shape index (κ2) is 5.68. The van der Waals surface area contributed by atoms with Gasteiger partial charge in [-0.25, -0.2) is 9.59 Å². The van der Waals surface area contributed by atoms with Crippen LogP contribution < -0.4 is 0 Å². The molecule has 1 amide bonds. The number of aromatic amines is 1. The second-order valence-electron chi connectivity index (χ2n) is 4.27. The number of nitrogens with one attached hydrogen (secondary N) is 1. The van der Waals surface area contributed by atoms with Crippen LogP contribution in [0, 0.1) is 0 Å². The molecule has 0 atom stereocenters. The molecule has 8 heteroatoms.